The van der Waals surface area contributed by atoms with Gasteiger partial charge in [-0.1, -0.05) is 12.1 Å². The van der Waals surface area contributed by atoms with E-state index in [1.165, 1.54) is 11.3 Å². The molecule has 2 amide bonds. The van der Waals surface area contributed by atoms with Crippen molar-refractivity contribution in [2.45, 2.75) is 6.92 Å². The van der Waals surface area contributed by atoms with Crippen LogP contribution in [0.4, 0.5) is 10.8 Å². The molecule has 2 N–H and O–H groups in total. The number of hydrogen-bond acceptors (Lipinski definition) is 5. The summed E-state index contributed by atoms with van der Waals surface area (Å²) in [5, 5.41) is 7.81. The highest BCUT2D eigenvalue weighted by Crippen LogP contribution is 2.18. The van der Waals surface area contributed by atoms with Gasteiger partial charge in [0.15, 0.2) is 5.13 Å². The fourth-order valence-electron chi connectivity index (χ4n) is 2.29. The molecule has 7 heteroatoms. The van der Waals surface area contributed by atoms with Crippen LogP contribution in [0.3, 0.4) is 0 Å². The predicted molar refractivity (Wildman–Crippen MR) is 102 cm³/mol. The molecule has 0 saturated heterocycles. The summed E-state index contributed by atoms with van der Waals surface area (Å²) in [5.74, 6) is 0.0788. The first-order valence-electron chi connectivity index (χ1n) is 8.01. The van der Waals surface area contributed by atoms with Gasteiger partial charge in [-0.2, -0.15) is 0 Å². The fourth-order valence-corrected chi connectivity index (χ4v) is 2.81. The minimum atomic E-state index is -0.283. The van der Waals surface area contributed by atoms with Gasteiger partial charge in [-0.3, -0.25) is 14.9 Å². The zero-order valence-electron chi connectivity index (χ0n) is 14.1. The summed E-state index contributed by atoms with van der Waals surface area (Å²) < 4.78 is 5.41. The van der Waals surface area contributed by atoms with Gasteiger partial charge >= 0.3 is 0 Å². The average Bonchev–Trinajstić information content (AvgIpc) is 3.15. The van der Waals surface area contributed by atoms with Crippen LogP contribution in [0, 0.1) is 0 Å². The Labute approximate surface area is 154 Å². The summed E-state index contributed by atoms with van der Waals surface area (Å²) in [4.78, 5) is 28.7. The molecule has 0 atom stereocenters. The van der Waals surface area contributed by atoms with E-state index in [1.807, 2.05) is 6.92 Å². The normalized spacial score (nSPS) is 10.2. The first-order valence-corrected chi connectivity index (χ1v) is 8.89. The number of aromatic nitrogens is 1. The molecule has 0 spiro atoms. The molecule has 0 fully saturated rings. The summed E-state index contributed by atoms with van der Waals surface area (Å²) in [6.45, 7) is 2.41. The second-order valence-corrected chi connectivity index (χ2v) is 6.18. The number of hydrogen-bond donors (Lipinski definition) is 2. The lowest BCUT2D eigenvalue weighted by atomic mass is 10.1. The molecule has 0 aliphatic rings. The van der Waals surface area contributed by atoms with Crippen molar-refractivity contribution in [3.05, 3.63) is 71.2 Å². The van der Waals surface area contributed by atoms with Gasteiger partial charge in [-0.25, -0.2) is 4.98 Å². The number of benzene rings is 2. The van der Waals surface area contributed by atoms with E-state index in [2.05, 4.69) is 15.6 Å². The zero-order valence-corrected chi connectivity index (χ0v) is 14.9. The highest BCUT2D eigenvalue weighted by Gasteiger charge is 2.11. The Morgan fingerprint density at radius 2 is 1.77 bits per heavy atom. The molecule has 2 aromatic carbocycles. The molecule has 132 valence electrons. The monoisotopic (exact) mass is 367 g/mol. The van der Waals surface area contributed by atoms with Crippen molar-refractivity contribution in [3.63, 3.8) is 0 Å². The number of amides is 2. The largest absolute Gasteiger partial charge is 0.494 e. The van der Waals surface area contributed by atoms with Crippen LogP contribution < -0.4 is 15.4 Å². The highest BCUT2D eigenvalue weighted by molar-refractivity contribution is 7.13. The number of nitrogens with zero attached hydrogens (tertiary/aromatic N) is 1. The average molecular weight is 367 g/mol. The van der Waals surface area contributed by atoms with Crippen molar-refractivity contribution in [1.29, 1.82) is 0 Å². The molecule has 0 unspecified atom stereocenters. The summed E-state index contributed by atoms with van der Waals surface area (Å²) in [5.41, 5.74) is 1.44. The molecule has 1 aromatic heterocycles. The van der Waals surface area contributed by atoms with Crippen LogP contribution >= 0.6 is 11.3 Å². The summed E-state index contributed by atoms with van der Waals surface area (Å²) in [7, 11) is 0. The maximum absolute atomic E-state index is 12.4. The van der Waals surface area contributed by atoms with E-state index >= 15 is 0 Å². The standard InChI is InChI=1S/C19H17N3O3S/c1-2-25-16-8-4-6-14(12-16)17(23)21-15-7-3-5-13(11-15)18(24)22-19-20-9-10-26-19/h3-12H,2H2,1H3,(H,21,23)(H,20,22,24). The number of ether oxygens (including phenoxy) is 1. The number of carbonyl (C=O) groups is 2. The van der Waals surface area contributed by atoms with Crippen LogP contribution in [0.5, 0.6) is 5.75 Å². The van der Waals surface area contributed by atoms with Gasteiger partial charge in [0.05, 0.1) is 6.61 Å². The summed E-state index contributed by atoms with van der Waals surface area (Å²) in [6, 6.07) is 13.7. The Morgan fingerprint density at radius 1 is 1.04 bits per heavy atom. The fraction of sp³-hybridized carbons (Fsp3) is 0.105. The molecule has 0 radical (unpaired) electrons. The molecular formula is C19H17N3O3S. The third-order valence-corrected chi connectivity index (χ3v) is 4.13. The number of rotatable bonds is 6. The minimum Gasteiger partial charge on any atom is -0.494 e. The zero-order chi connectivity index (χ0) is 18.4. The molecule has 3 aromatic rings. The maximum Gasteiger partial charge on any atom is 0.257 e. The van der Waals surface area contributed by atoms with Gasteiger partial charge in [0.2, 0.25) is 0 Å². The number of carbonyl (C=O) groups excluding carboxylic acids is 2. The minimum absolute atomic E-state index is 0.274. The van der Waals surface area contributed by atoms with Gasteiger partial charge in [-0.15, -0.1) is 11.3 Å². The van der Waals surface area contributed by atoms with Gasteiger partial charge in [0, 0.05) is 28.4 Å². The predicted octanol–water partition coefficient (Wildman–Crippen LogP) is 4.05. The highest BCUT2D eigenvalue weighted by atomic mass is 32.1. The Kier molecular flexibility index (Phi) is 5.60. The van der Waals surface area contributed by atoms with Crippen molar-refractivity contribution in [1.82, 2.24) is 4.98 Å². The first kappa shape index (κ1) is 17.6. The molecule has 6 nitrogen and oxygen atoms in total. The van der Waals surface area contributed by atoms with Gasteiger partial charge in [-0.05, 0) is 43.3 Å². The van der Waals surface area contributed by atoms with Crippen LogP contribution in [-0.4, -0.2) is 23.4 Å². The van der Waals surface area contributed by atoms with Crippen LogP contribution in [-0.2, 0) is 0 Å². The van der Waals surface area contributed by atoms with Crippen molar-refractivity contribution in [2.75, 3.05) is 17.2 Å². The lowest BCUT2D eigenvalue weighted by Crippen LogP contribution is -2.14. The lowest BCUT2D eigenvalue weighted by molar-refractivity contribution is 0.101. The number of nitrogens with one attached hydrogen (secondary N) is 2. The Bertz CT molecular complexity index is 910. The molecule has 0 bridgehead atoms. The molecule has 1 heterocycles. The molecule has 0 aliphatic heterocycles. The van der Waals surface area contributed by atoms with E-state index in [-0.39, 0.29) is 11.8 Å². The van der Waals surface area contributed by atoms with E-state index in [1.54, 1.807) is 60.1 Å². The quantitative estimate of drug-likeness (QED) is 0.689. The van der Waals surface area contributed by atoms with Crippen LogP contribution in [0.1, 0.15) is 27.6 Å². The molecule has 3 rings (SSSR count). The van der Waals surface area contributed by atoms with Crippen molar-refractivity contribution in [2.24, 2.45) is 0 Å². The van der Waals surface area contributed by atoms with E-state index < -0.39 is 0 Å². The van der Waals surface area contributed by atoms with Crippen molar-refractivity contribution >= 4 is 34.0 Å². The van der Waals surface area contributed by atoms with Gasteiger partial charge in [0.1, 0.15) is 5.75 Å². The Balaban J connectivity index is 1.71. The SMILES string of the molecule is CCOc1cccc(C(=O)Nc2cccc(C(=O)Nc3nccs3)c2)c1. The summed E-state index contributed by atoms with van der Waals surface area (Å²) >= 11 is 1.34. The lowest BCUT2D eigenvalue weighted by Gasteiger charge is -2.09. The molecule has 0 aliphatic carbocycles. The Morgan fingerprint density at radius 3 is 2.50 bits per heavy atom. The maximum atomic E-state index is 12.4. The number of anilines is 2. The molecule has 26 heavy (non-hydrogen) atoms. The molecule has 0 saturated carbocycles. The topological polar surface area (TPSA) is 80.3 Å². The third kappa shape index (κ3) is 4.46. The smallest absolute Gasteiger partial charge is 0.257 e. The first-order chi connectivity index (χ1) is 12.7. The van der Waals surface area contributed by atoms with E-state index in [4.69, 9.17) is 4.74 Å². The second kappa shape index (κ2) is 8.26. The van der Waals surface area contributed by atoms with Gasteiger partial charge < -0.3 is 10.1 Å². The van der Waals surface area contributed by atoms with Crippen molar-refractivity contribution in [3.8, 4) is 5.75 Å². The van der Waals surface area contributed by atoms with E-state index in [9.17, 15) is 9.59 Å². The second-order valence-electron chi connectivity index (χ2n) is 5.29. The van der Waals surface area contributed by atoms with E-state index in [0.717, 1.165) is 0 Å². The van der Waals surface area contributed by atoms with Crippen molar-refractivity contribution < 1.29 is 14.3 Å². The van der Waals surface area contributed by atoms with Crippen LogP contribution in [0.15, 0.2) is 60.1 Å². The van der Waals surface area contributed by atoms with E-state index in [0.29, 0.717) is 34.3 Å². The van der Waals surface area contributed by atoms with Crippen LogP contribution in [0.25, 0.3) is 0 Å². The number of thiazole rings is 1. The Hall–Kier alpha value is -3.19. The van der Waals surface area contributed by atoms with Gasteiger partial charge in [0.25, 0.3) is 11.8 Å². The third-order valence-electron chi connectivity index (χ3n) is 3.44. The molecular weight excluding hydrogens is 350 g/mol. The summed E-state index contributed by atoms with van der Waals surface area (Å²) in [6.07, 6.45) is 1.62. The van der Waals surface area contributed by atoms with Crippen LogP contribution in [0.2, 0.25) is 0 Å².